The van der Waals surface area contributed by atoms with Gasteiger partial charge in [0.15, 0.2) is 0 Å². The molecule has 0 bridgehead atoms. The fraction of sp³-hybridized carbons (Fsp3) is 0.588. The third kappa shape index (κ3) is 4.46. The molecule has 0 saturated carbocycles. The Morgan fingerprint density at radius 1 is 1.43 bits per heavy atom. The third-order valence-electron chi connectivity index (χ3n) is 4.02. The molecule has 1 aromatic carbocycles. The van der Waals surface area contributed by atoms with Gasteiger partial charge in [-0.2, -0.15) is 0 Å². The minimum atomic E-state index is -0.405. The summed E-state index contributed by atoms with van der Waals surface area (Å²) in [5, 5.41) is 6.47. The van der Waals surface area contributed by atoms with Gasteiger partial charge in [0.05, 0.1) is 12.0 Å². The van der Waals surface area contributed by atoms with E-state index in [1.54, 1.807) is 7.11 Å². The van der Waals surface area contributed by atoms with E-state index in [-0.39, 0.29) is 5.91 Å². The van der Waals surface area contributed by atoms with Gasteiger partial charge in [-0.3, -0.25) is 4.79 Å². The Labute approximate surface area is 127 Å². The van der Waals surface area contributed by atoms with Crippen LogP contribution in [0.25, 0.3) is 0 Å². The van der Waals surface area contributed by atoms with Crippen molar-refractivity contribution in [1.82, 2.24) is 5.32 Å². The highest BCUT2D eigenvalue weighted by molar-refractivity contribution is 5.77. The first-order chi connectivity index (χ1) is 10.0. The lowest BCUT2D eigenvalue weighted by Gasteiger charge is -2.23. The minimum Gasteiger partial charge on any atom is -0.385 e. The lowest BCUT2D eigenvalue weighted by Crippen LogP contribution is -2.34. The first kappa shape index (κ1) is 15.8. The normalized spacial score (nSPS) is 14.2. The fourth-order valence-electron chi connectivity index (χ4n) is 2.65. The number of aryl methyl sites for hydroxylation is 1. The molecule has 0 atom stereocenters. The molecule has 1 aliphatic rings. The van der Waals surface area contributed by atoms with Crippen LogP contribution in [0.5, 0.6) is 0 Å². The average molecular weight is 290 g/mol. The molecule has 4 heteroatoms. The van der Waals surface area contributed by atoms with Gasteiger partial charge in [-0.1, -0.05) is 18.2 Å². The second-order valence-electron chi connectivity index (χ2n) is 6.22. The van der Waals surface area contributed by atoms with Crippen molar-refractivity contribution in [2.45, 2.75) is 45.1 Å². The molecule has 116 valence electrons. The fourth-order valence-corrected chi connectivity index (χ4v) is 2.65. The Morgan fingerprint density at radius 2 is 2.24 bits per heavy atom. The van der Waals surface area contributed by atoms with Gasteiger partial charge in [-0.05, 0) is 44.2 Å². The monoisotopic (exact) mass is 290 g/mol. The number of carbonyl (C=O) groups excluding carboxylic acids is 1. The zero-order valence-corrected chi connectivity index (χ0v) is 13.3. The van der Waals surface area contributed by atoms with Crippen LogP contribution in [0.4, 0.5) is 5.69 Å². The van der Waals surface area contributed by atoms with Crippen molar-refractivity contribution >= 4 is 11.6 Å². The van der Waals surface area contributed by atoms with Crippen LogP contribution in [0.3, 0.4) is 0 Å². The van der Waals surface area contributed by atoms with Gasteiger partial charge in [0.2, 0.25) is 5.91 Å². The second-order valence-corrected chi connectivity index (χ2v) is 6.22. The maximum absolute atomic E-state index is 11.9. The van der Waals surface area contributed by atoms with Crippen molar-refractivity contribution in [3.8, 4) is 0 Å². The molecular weight excluding hydrogens is 264 g/mol. The van der Waals surface area contributed by atoms with Crippen LogP contribution < -0.4 is 10.6 Å². The van der Waals surface area contributed by atoms with Crippen LogP contribution in [-0.2, 0) is 22.4 Å². The van der Waals surface area contributed by atoms with Gasteiger partial charge >= 0.3 is 0 Å². The van der Waals surface area contributed by atoms with Gasteiger partial charge in [0, 0.05) is 25.9 Å². The van der Waals surface area contributed by atoms with Gasteiger partial charge in [0.1, 0.15) is 0 Å². The molecule has 0 spiro atoms. The highest BCUT2D eigenvalue weighted by atomic mass is 16.5. The van der Waals surface area contributed by atoms with E-state index >= 15 is 0 Å². The number of anilines is 1. The molecule has 0 radical (unpaired) electrons. The van der Waals surface area contributed by atoms with E-state index in [1.807, 2.05) is 13.8 Å². The summed E-state index contributed by atoms with van der Waals surface area (Å²) in [4.78, 5) is 11.9. The third-order valence-corrected chi connectivity index (χ3v) is 4.02. The van der Waals surface area contributed by atoms with Crippen LogP contribution in [0.2, 0.25) is 0 Å². The van der Waals surface area contributed by atoms with Gasteiger partial charge in [-0.25, -0.2) is 0 Å². The van der Waals surface area contributed by atoms with Crippen LogP contribution in [-0.4, -0.2) is 31.7 Å². The largest absolute Gasteiger partial charge is 0.385 e. The summed E-state index contributed by atoms with van der Waals surface area (Å²) < 4.78 is 5.28. The molecule has 2 N–H and O–H groups in total. The molecule has 2 rings (SSSR count). The van der Waals surface area contributed by atoms with Crippen LogP contribution >= 0.6 is 0 Å². The number of rotatable bonds is 6. The highest BCUT2D eigenvalue weighted by Gasteiger charge is 2.20. The molecule has 21 heavy (non-hydrogen) atoms. The summed E-state index contributed by atoms with van der Waals surface area (Å²) in [6, 6.07) is 6.43. The average Bonchev–Trinajstić information content (AvgIpc) is 2.47. The molecule has 1 heterocycles. The summed E-state index contributed by atoms with van der Waals surface area (Å²) in [6.07, 6.45) is 3.58. The van der Waals surface area contributed by atoms with E-state index in [2.05, 4.69) is 28.8 Å². The Kier molecular flexibility index (Phi) is 5.23. The molecule has 4 nitrogen and oxygen atoms in total. The number of hydrogen-bond acceptors (Lipinski definition) is 3. The minimum absolute atomic E-state index is 0.0413. The van der Waals surface area contributed by atoms with Crippen molar-refractivity contribution < 1.29 is 9.53 Å². The number of methoxy groups -OCH3 is 1. The molecule has 1 amide bonds. The number of amides is 1. The first-order valence-electron chi connectivity index (χ1n) is 7.68. The number of fused-ring (bicyclic) bond motifs is 1. The maximum Gasteiger partial charge on any atom is 0.222 e. The SMILES string of the molecule is COC(C)(C)CC(=O)NCCc1cccc2c1NCCC2. The smallest absolute Gasteiger partial charge is 0.222 e. The molecule has 0 unspecified atom stereocenters. The van der Waals surface area contributed by atoms with Gasteiger partial charge in [0.25, 0.3) is 0 Å². The molecule has 0 aliphatic carbocycles. The second kappa shape index (κ2) is 6.94. The summed E-state index contributed by atoms with van der Waals surface area (Å²) in [5.74, 6) is 0.0413. The summed E-state index contributed by atoms with van der Waals surface area (Å²) in [5.41, 5.74) is 3.55. The van der Waals surface area contributed by atoms with E-state index in [0.717, 1.165) is 19.4 Å². The highest BCUT2D eigenvalue weighted by Crippen LogP contribution is 2.26. The predicted octanol–water partition coefficient (Wildman–Crippen LogP) is 2.52. The van der Waals surface area contributed by atoms with Crippen molar-refractivity contribution in [3.05, 3.63) is 29.3 Å². The summed E-state index contributed by atoms with van der Waals surface area (Å²) in [6.45, 7) is 5.54. The van der Waals surface area contributed by atoms with Gasteiger partial charge < -0.3 is 15.4 Å². The number of para-hydroxylation sites is 1. The Bertz CT molecular complexity index is 498. The van der Waals surface area contributed by atoms with Crippen molar-refractivity contribution in [2.24, 2.45) is 0 Å². The van der Waals surface area contributed by atoms with Gasteiger partial charge in [-0.15, -0.1) is 0 Å². The molecule has 0 aromatic heterocycles. The van der Waals surface area contributed by atoms with Crippen molar-refractivity contribution in [2.75, 3.05) is 25.5 Å². The van der Waals surface area contributed by atoms with E-state index in [1.165, 1.54) is 23.2 Å². The Balaban J connectivity index is 1.85. The maximum atomic E-state index is 11.9. The van der Waals surface area contributed by atoms with Crippen LogP contribution in [0, 0.1) is 0 Å². The van der Waals surface area contributed by atoms with E-state index < -0.39 is 5.60 Å². The summed E-state index contributed by atoms with van der Waals surface area (Å²) >= 11 is 0. The summed E-state index contributed by atoms with van der Waals surface area (Å²) in [7, 11) is 1.63. The predicted molar refractivity (Wildman–Crippen MR) is 85.7 cm³/mol. The zero-order chi connectivity index (χ0) is 15.3. The molecule has 1 aromatic rings. The number of benzene rings is 1. The van der Waals surface area contributed by atoms with Crippen molar-refractivity contribution in [3.63, 3.8) is 0 Å². The quantitative estimate of drug-likeness (QED) is 0.846. The molecule has 1 aliphatic heterocycles. The molecule has 0 fully saturated rings. The van der Waals surface area contributed by atoms with Crippen LogP contribution in [0.1, 0.15) is 37.8 Å². The number of hydrogen-bond donors (Lipinski definition) is 2. The van der Waals surface area contributed by atoms with E-state index in [0.29, 0.717) is 13.0 Å². The van der Waals surface area contributed by atoms with E-state index in [9.17, 15) is 4.79 Å². The number of nitrogens with one attached hydrogen (secondary N) is 2. The van der Waals surface area contributed by atoms with Crippen LogP contribution in [0.15, 0.2) is 18.2 Å². The zero-order valence-electron chi connectivity index (χ0n) is 13.3. The Hall–Kier alpha value is -1.55. The molecular formula is C17H26N2O2. The lowest BCUT2D eigenvalue weighted by atomic mass is 9.98. The lowest BCUT2D eigenvalue weighted by molar-refractivity contribution is -0.126. The topological polar surface area (TPSA) is 50.4 Å². The number of ether oxygens (including phenoxy) is 1. The first-order valence-corrected chi connectivity index (χ1v) is 7.68. The standard InChI is InChI=1S/C17H26N2O2/c1-17(2,21-3)12-15(20)18-11-9-14-7-4-6-13-8-5-10-19-16(13)14/h4,6-7,19H,5,8-12H2,1-3H3,(H,18,20). The molecule has 0 saturated heterocycles. The van der Waals surface area contributed by atoms with E-state index in [4.69, 9.17) is 4.74 Å². The van der Waals surface area contributed by atoms with Crippen molar-refractivity contribution in [1.29, 1.82) is 0 Å². The Morgan fingerprint density at radius 3 is 3.00 bits per heavy atom. The number of carbonyl (C=O) groups is 1.